The fourth-order valence-electron chi connectivity index (χ4n) is 1.59. The van der Waals surface area contributed by atoms with E-state index in [1.165, 1.54) is 18.2 Å². The zero-order valence-electron chi connectivity index (χ0n) is 10.0. The highest BCUT2D eigenvalue weighted by atomic mass is 16.6. The predicted octanol–water partition coefficient (Wildman–Crippen LogP) is 1.11. The molecule has 1 unspecified atom stereocenters. The second kappa shape index (κ2) is 5.46. The minimum Gasteiger partial charge on any atom is -0.477 e. The molecule has 0 radical (unpaired) electrons. The van der Waals surface area contributed by atoms with Crippen molar-refractivity contribution >= 4 is 17.3 Å². The van der Waals surface area contributed by atoms with Crippen LogP contribution in [-0.4, -0.2) is 40.8 Å². The van der Waals surface area contributed by atoms with Crippen LogP contribution in [0.15, 0.2) is 18.2 Å². The molecule has 18 heavy (non-hydrogen) atoms. The molecular formula is C11H14N2O5. The highest BCUT2D eigenvalue weighted by molar-refractivity contribution is 5.93. The van der Waals surface area contributed by atoms with Gasteiger partial charge in [-0.2, -0.15) is 0 Å². The number of nitro benzene ring substituents is 1. The van der Waals surface area contributed by atoms with E-state index in [9.17, 15) is 20.0 Å². The lowest BCUT2D eigenvalue weighted by Gasteiger charge is -2.20. The topological polar surface area (TPSA) is 104 Å². The third kappa shape index (κ3) is 3.17. The number of rotatable bonds is 5. The van der Waals surface area contributed by atoms with Crippen LogP contribution in [0.3, 0.4) is 0 Å². The third-order valence-electron chi connectivity index (χ3n) is 2.39. The summed E-state index contributed by atoms with van der Waals surface area (Å²) in [4.78, 5) is 22.5. The van der Waals surface area contributed by atoms with Crippen molar-refractivity contribution in [2.45, 2.75) is 13.0 Å². The molecule has 0 saturated heterocycles. The summed E-state index contributed by atoms with van der Waals surface area (Å²) >= 11 is 0. The van der Waals surface area contributed by atoms with Crippen LogP contribution in [0, 0.1) is 10.1 Å². The van der Waals surface area contributed by atoms with Crippen molar-refractivity contribution in [1.29, 1.82) is 0 Å². The first kappa shape index (κ1) is 13.9. The molecule has 0 heterocycles. The smallest absolute Gasteiger partial charge is 0.342 e. The molecule has 0 saturated carbocycles. The van der Waals surface area contributed by atoms with Crippen molar-refractivity contribution in [1.82, 2.24) is 0 Å². The number of aliphatic hydroxyl groups is 1. The number of carbonyl (C=O) groups is 1. The molecule has 1 aromatic carbocycles. The van der Waals surface area contributed by atoms with Crippen LogP contribution in [0.5, 0.6) is 0 Å². The summed E-state index contributed by atoms with van der Waals surface area (Å²) < 4.78 is 0. The quantitative estimate of drug-likeness (QED) is 0.602. The van der Waals surface area contributed by atoms with E-state index in [0.717, 1.165) is 0 Å². The molecule has 0 aromatic heterocycles. The van der Waals surface area contributed by atoms with Gasteiger partial charge in [0.2, 0.25) is 0 Å². The number of anilines is 1. The van der Waals surface area contributed by atoms with Crippen molar-refractivity contribution in [3.8, 4) is 0 Å². The van der Waals surface area contributed by atoms with Crippen LogP contribution < -0.4 is 4.90 Å². The van der Waals surface area contributed by atoms with Gasteiger partial charge >= 0.3 is 5.97 Å². The lowest BCUT2D eigenvalue weighted by Crippen LogP contribution is -2.26. The van der Waals surface area contributed by atoms with Crippen molar-refractivity contribution in [2.75, 3.05) is 18.5 Å². The van der Waals surface area contributed by atoms with Gasteiger partial charge in [-0.25, -0.2) is 4.79 Å². The Morgan fingerprint density at radius 3 is 2.61 bits per heavy atom. The molecule has 0 fully saturated rings. The van der Waals surface area contributed by atoms with Crippen LogP contribution in [0.1, 0.15) is 17.3 Å². The molecule has 7 nitrogen and oxygen atoms in total. The Hall–Kier alpha value is -2.15. The number of nitro groups is 1. The number of likely N-dealkylation sites (N-methyl/N-ethyl adjacent to an activating group) is 1. The first-order valence-corrected chi connectivity index (χ1v) is 5.24. The number of aliphatic hydroxyl groups excluding tert-OH is 1. The minimum absolute atomic E-state index is 0.295. The maximum atomic E-state index is 10.8. The molecule has 2 N–H and O–H groups in total. The Kier molecular flexibility index (Phi) is 4.22. The van der Waals surface area contributed by atoms with Crippen LogP contribution in [0.4, 0.5) is 11.4 Å². The van der Waals surface area contributed by atoms with E-state index >= 15 is 0 Å². The Balaban J connectivity index is 3.15. The van der Waals surface area contributed by atoms with Gasteiger partial charge in [0.15, 0.2) is 0 Å². The van der Waals surface area contributed by atoms with E-state index in [1.807, 2.05) is 0 Å². The summed E-state index contributed by atoms with van der Waals surface area (Å²) in [6.07, 6.45) is -0.590. The predicted molar refractivity (Wildman–Crippen MR) is 65.0 cm³/mol. The van der Waals surface area contributed by atoms with Crippen molar-refractivity contribution in [3.63, 3.8) is 0 Å². The number of carboxylic acid groups (broad SMARTS) is 1. The number of aromatic carboxylic acids is 1. The lowest BCUT2D eigenvalue weighted by atomic mass is 10.1. The summed E-state index contributed by atoms with van der Waals surface area (Å²) in [6.45, 7) is 1.89. The van der Waals surface area contributed by atoms with Gasteiger partial charge in [-0.05, 0) is 19.1 Å². The normalized spacial score (nSPS) is 11.9. The van der Waals surface area contributed by atoms with E-state index in [4.69, 9.17) is 5.11 Å². The molecule has 0 amide bonds. The van der Waals surface area contributed by atoms with Gasteiger partial charge in [-0.1, -0.05) is 0 Å². The monoisotopic (exact) mass is 254 g/mol. The molecule has 98 valence electrons. The average Bonchev–Trinajstić information content (AvgIpc) is 2.26. The maximum absolute atomic E-state index is 10.8. The summed E-state index contributed by atoms with van der Waals surface area (Å²) in [7, 11) is 1.66. The van der Waals surface area contributed by atoms with Crippen LogP contribution in [0.2, 0.25) is 0 Å². The summed E-state index contributed by atoms with van der Waals surface area (Å²) in [5, 5.41) is 28.9. The largest absolute Gasteiger partial charge is 0.477 e. The second-order valence-corrected chi connectivity index (χ2v) is 3.99. The van der Waals surface area contributed by atoms with Gasteiger partial charge < -0.3 is 15.1 Å². The summed E-state index contributed by atoms with van der Waals surface area (Å²) in [5.41, 5.74) is -0.334. The maximum Gasteiger partial charge on any atom is 0.342 e. The van der Waals surface area contributed by atoms with Gasteiger partial charge in [0.1, 0.15) is 5.56 Å². The van der Waals surface area contributed by atoms with Crippen molar-refractivity contribution in [3.05, 3.63) is 33.9 Å². The standard InChI is InChI=1S/C11H14N2O5/c1-7(14)6-12(2)8-3-4-9(11(15)16)10(5-8)13(17)18/h3-5,7,14H,6H2,1-2H3,(H,15,16). The van der Waals surface area contributed by atoms with Gasteiger partial charge in [-0.3, -0.25) is 10.1 Å². The fraction of sp³-hybridized carbons (Fsp3) is 0.364. The Morgan fingerprint density at radius 2 is 2.17 bits per heavy atom. The summed E-state index contributed by atoms with van der Waals surface area (Å²) in [6, 6.07) is 3.85. The number of nitrogens with zero attached hydrogens (tertiary/aromatic N) is 2. The lowest BCUT2D eigenvalue weighted by molar-refractivity contribution is -0.385. The minimum atomic E-state index is -1.34. The molecule has 0 spiro atoms. The van der Waals surface area contributed by atoms with Crippen LogP contribution in [0.25, 0.3) is 0 Å². The van der Waals surface area contributed by atoms with Crippen LogP contribution >= 0.6 is 0 Å². The van der Waals surface area contributed by atoms with E-state index < -0.39 is 22.7 Å². The highest BCUT2D eigenvalue weighted by Crippen LogP contribution is 2.25. The Bertz CT molecular complexity index is 473. The van der Waals surface area contributed by atoms with E-state index in [2.05, 4.69) is 0 Å². The molecule has 7 heteroatoms. The summed E-state index contributed by atoms with van der Waals surface area (Å²) in [5.74, 6) is -1.34. The van der Waals surface area contributed by atoms with E-state index in [0.29, 0.717) is 12.2 Å². The molecule has 1 rings (SSSR count). The molecular weight excluding hydrogens is 240 g/mol. The fourth-order valence-corrected chi connectivity index (χ4v) is 1.59. The van der Waals surface area contributed by atoms with Crippen molar-refractivity contribution < 1.29 is 19.9 Å². The number of carboxylic acids is 1. The van der Waals surface area contributed by atoms with Crippen molar-refractivity contribution in [2.24, 2.45) is 0 Å². The van der Waals surface area contributed by atoms with Gasteiger partial charge in [-0.15, -0.1) is 0 Å². The van der Waals surface area contributed by atoms with Gasteiger partial charge in [0.05, 0.1) is 11.0 Å². The van der Waals surface area contributed by atoms with Gasteiger partial charge in [0, 0.05) is 25.3 Å². The molecule has 1 atom stereocenters. The van der Waals surface area contributed by atoms with Gasteiger partial charge in [0.25, 0.3) is 5.69 Å². The number of hydrogen-bond acceptors (Lipinski definition) is 5. The van der Waals surface area contributed by atoms with Crippen LogP contribution in [-0.2, 0) is 0 Å². The molecule has 0 aliphatic rings. The van der Waals surface area contributed by atoms with E-state index in [-0.39, 0.29) is 5.56 Å². The number of benzene rings is 1. The molecule has 0 aliphatic carbocycles. The highest BCUT2D eigenvalue weighted by Gasteiger charge is 2.21. The zero-order valence-corrected chi connectivity index (χ0v) is 10.0. The second-order valence-electron chi connectivity index (χ2n) is 3.99. The first-order chi connectivity index (χ1) is 8.32. The Morgan fingerprint density at radius 1 is 1.56 bits per heavy atom. The molecule has 1 aromatic rings. The molecule has 0 bridgehead atoms. The SMILES string of the molecule is CC(O)CN(C)c1ccc(C(=O)O)c([N+](=O)[O-])c1. The first-order valence-electron chi connectivity index (χ1n) is 5.24. The third-order valence-corrected chi connectivity index (χ3v) is 2.39. The number of hydrogen-bond donors (Lipinski definition) is 2. The zero-order chi connectivity index (χ0) is 13.9. The Labute approximate surface area is 103 Å². The average molecular weight is 254 g/mol. The van der Waals surface area contributed by atoms with E-state index in [1.54, 1.807) is 18.9 Å². The molecule has 0 aliphatic heterocycles.